The summed E-state index contributed by atoms with van der Waals surface area (Å²) in [7, 11) is 0. The van der Waals surface area contributed by atoms with Gasteiger partial charge in [0.1, 0.15) is 5.56 Å². The number of rotatable bonds is 5. The summed E-state index contributed by atoms with van der Waals surface area (Å²) in [6, 6.07) is 14.6. The Balaban J connectivity index is 1.77. The lowest BCUT2D eigenvalue weighted by Crippen LogP contribution is -2.36. The van der Waals surface area contributed by atoms with E-state index in [0.29, 0.717) is 47.8 Å². The average Bonchev–Trinajstić information content (AvgIpc) is 2.78. The van der Waals surface area contributed by atoms with E-state index in [1.54, 1.807) is 18.3 Å². The minimum Gasteiger partial charge on any atom is -0.346 e. The standard InChI is InChI=1S/C25H25N3O3/c1-16(2)17-9-11-19(12-10-17)28-22-7-5-8-23(29)20(22)14-21(25(28)31)24(30)27-15-18-6-3-4-13-26-18/h3-4,6,9-14,16H,5,7-8,15H2,1-2H3,(H,27,30). The lowest BCUT2D eigenvalue weighted by Gasteiger charge is -2.22. The maximum Gasteiger partial charge on any atom is 0.268 e. The molecule has 1 amide bonds. The fourth-order valence-electron chi connectivity index (χ4n) is 3.90. The van der Waals surface area contributed by atoms with Gasteiger partial charge in [0.15, 0.2) is 5.78 Å². The molecule has 2 aromatic heterocycles. The third kappa shape index (κ3) is 4.19. The number of nitrogens with one attached hydrogen (secondary N) is 1. The first-order valence-corrected chi connectivity index (χ1v) is 10.6. The molecule has 0 fully saturated rings. The van der Waals surface area contributed by atoms with E-state index in [1.807, 2.05) is 30.3 Å². The van der Waals surface area contributed by atoms with Gasteiger partial charge in [0.25, 0.3) is 11.5 Å². The van der Waals surface area contributed by atoms with Crippen molar-refractivity contribution in [2.24, 2.45) is 0 Å². The van der Waals surface area contributed by atoms with Gasteiger partial charge in [-0.15, -0.1) is 0 Å². The first-order chi connectivity index (χ1) is 15.0. The number of amides is 1. The highest BCUT2D eigenvalue weighted by Gasteiger charge is 2.26. The Kier molecular flexibility index (Phi) is 5.80. The van der Waals surface area contributed by atoms with E-state index in [-0.39, 0.29) is 17.9 Å². The van der Waals surface area contributed by atoms with Crippen LogP contribution in [0.15, 0.2) is 59.5 Å². The van der Waals surface area contributed by atoms with E-state index in [1.165, 1.54) is 10.6 Å². The van der Waals surface area contributed by atoms with E-state index < -0.39 is 11.5 Å². The number of carbonyl (C=O) groups excluding carboxylic acids is 2. The number of fused-ring (bicyclic) bond motifs is 1. The zero-order valence-corrected chi connectivity index (χ0v) is 17.7. The van der Waals surface area contributed by atoms with E-state index in [0.717, 1.165) is 5.56 Å². The Bertz CT molecular complexity index is 1180. The smallest absolute Gasteiger partial charge is 0.268 e. The number of pyridine rings is 2. The number of hydrogen-bond donors (Lipinski definition) is 1. The van der Waals surface area contributed by atoms with Crippen LogP contribution in [0.1, 0.15) is 70.3 Å². The molecule has 6 heteroatoms. The maximum absolute atomic E-state index is 13.4. The first kappa shape index (κ1) is 20.7. The van der Waals surface area contributed by atoms with Crippen LogP contribution in [0.5, 0.6) is 0 Å². The van der Waals surface area contributed by atoms with Gasteiger partial charge in [-0.3, -0.25) is 23.9 Å². The molecule has 0 saturated heterocycles. The molecular formula is C25H25N3O3. The van der Waals surface area contributed by atoms with Crippen LogP contribution in [0, 0.1) is 0 Å². The van der Waals surface area contributed by atoms with Gasteiger partial charge in [0.2, 0.25) is 0 Å². The molecule has 1 N–H and O–H groups in total. The van der Waals surface area contributed by atoms with Crippen molar-refractivity contribution in [3.8, 4) is 5.69 Å². The summed E-state index contributed by atoms with van der Waals surface area (Å²) in [4.78, 5) is 43.1. The molecule has 0 saturated carbocycles. The van der Waals surface area contributed by atoms with Crippen molar-refractivity contribution in [2.75, 3.05) is 0 Å². The normalized spacial score (nSPS) is 13.2. The summed E-state index contributed by atoms with van der Waals surface area (Å²) in [5.41, 5.74) is 3.21. The fraction of sp³-hybridized carbons (Fsp3) is 0.280. The summed E-state index contributed by atoms with van der Waals surface area (Å²) < 4.78 is 1.53. The molecule has 0 radical (unpaired) electrons. The first-order valence-electron chi connectivity index (χ1n) is 10.6. The van der Waals surface area contributed by atoms with Gasteiger partial charge in [-0.1, -0.05) is 32.0 Å². The van der Waals surface area contributed by atoms with Crippen molar-refractivity contribution in [2.45, 2.75) is 45.6 Å². The van der Waals surface area contributed by atoms with Crippen molar-refractivity contribution in [3.05, 3.63) is 93.2 Å². The molecular weight excluding hydrogens is 390 g/mol. The van der Waals surface area contributed by atoms with Crippen LogP contribution in [0.4, 0.5) is 0 Å². The Hall–Kier alpha value is -3.54. The molecule has 6 nitrogen and oxygen atoms in total. The predicted octanol–water partition coefficient (Wildman–Crippen LogP) is 3.80. The Morgan fingerprint density at radius 1 is 1.10 bits per heavy atom. The molecule has 31 heavy (non-hydrogen) atoms. The van der Waals surface area contributed by atoms with Gasteiger partial charge in [0.05, 0.1) is 12.2 Å². The summed E-state index contributed by atoms with van der Waals surface area (Å²) in [5.74, 6) is -0.179. The van der Waals surface area contributed by atoms with Gasteiger partial charge >= 0.3 is 0 Å². The Morgan fingerprint density at radius 2 is 1.87 bits per heavy atom. The monoisotopic (exact) mass is 415 g/mol. The fourth-order valence-corrected chi connectivity index (χ4v) is 3.90. The lowest BCUT2D eigenvalue weighted by atomic mass is 9.92. The van der Waals surface area contributed by atoms with Crippen molar-refractivity contribution in [3.63, 3.8) is 0 Å². The molecule has 1 aliphatic carbocycles. The van der Waals surface area contributed by atoms with Gasteiger partial charge < -0.3 is 5.32 Å². The second kappa shape index (κ2) is 8.68. The highest BCUT2D eigenvalue weighted by atomic mass is 16.2. The Labute approximate surface area is 181 Å². The summed E-state index contributed by atoms with van der Waals surface area (Å²) in [6.45, 7) is 4.41. The van der Waals surface area contributed by atoms with Gasteiger partial charge in [0, 0.05) is 29.6 Å². The molecule has 2 heterocycles. The lowest BCUT2D eigenvalue weighted by molar-refractivity contribution is 0.0948. The number of nitrogens with zero attached hydrogens (tertiary/aromatic N) is 2. The third-order valence-electron chi connectivity index (χ3n) is 5.64. The summed E-state index contributed by atoms with van der Waals surface area (Å²) in [5, 5.41) is 2.75. The predicted molar refractivity (Wildman–Crippen MR) is 119 cm³/mol. The summed E-state index contributed by atoms with van der Waals surface area (Å²) in [6.07, 6.45) is 3.39. The van der Waals surface area contributed by atoms with E-state index in [9.17, 15) is 14.4 Å². The van der Waals surface area contributed by atoms with E-state index in [2.05, 4.69) is 24.1 Å². The van der Waals surface area contributed by atoms with Crippen LogP contribution in [0.3, 0.4) is 0 Å². The Morgan fingerprint density at radius 3 is 2.55 bits per heavy atom. The van der Waals surface area contributed by atoms with Gasteiger partial charge in [-0.2, -0.15) is 0 Å². The molecule has 0 unspecified atom stereocenters. The molecule has 0 spiro atoms. The molecule has 158 valence electrons. The van der Waals surface area contributed by atoms with Gasteiger partial charge in [-0.05, 0) is 54.7 Å². The van der Waals surface area contributed by atoms with Crippen LogP contribution >= 0.6 is 0 Å². The van der Waals surface area contributed by atoms with Crippen LogP contribution in [0.2, 0.25) is 0 Å². The van der Waals surface area contributed by atoms with Gasteiger partial charge in [-0.25, -0.2) is 0 Å². The molecule has 1 aliphatic rings. The topological polar surface area (TPSA) is 81.1 Å². The third-order valence-corrected chi connectivity index (χ3v) is 5.64. The van der Waals surface area contributed by atoms with E-state index in [4.69, 9.17) is 0 Å². The largest absolute Gasteiger partial charge is 0.346 e. The van der Waals surface area contributed by atoms with Crippen molar-refractivity contribution in [1.82, 2.24) is 14.9 Å². The summed E-state index contributed by atoms with van der Waals surface area (Å²) >= 11 is 0. The molecule has 3 aromatic rings. The number of ketones is 1. The van der Waals surface area contributed by atoms with Crippen molar-refractivity contribution < 1.29 is 9.59 Å². The van der Waals surface area contributed by atoms with E-state index >= 15 is 0 Å². The number of aromatic nitrogens is 2. The maximum atomic E-state index is 13.4. The number of hydrogen-bond acceptors (Lipinski definition) is 4. The number of Topliss-reactive ketones (excluding diaryl/α,β-unsaturated/α-hetero) is 1. The highest BCUT2D eigenvalue weighted by Crippen LogP contribution is 2.24. The second-order valence-electron chi connectivity index (χ2n) is 8.09. The van der Waals surface area contributed by atoms with Crippen LogP contribution in [0.25, 0.3) is 5.69 Å². The molecule has 1 aromatic carbocycles. The zero-order valence-electron chi connectivity index (χ0n) is 17.7. The van der Waals surface area contributed by atoms with Crippen LogP contribution < -0.4 is 10.9 Å². The SMILES string of the molecule is CC(C)c1ccc(-n2c3c(cc(C(=O)NCc4ccccn4)c2=O)C(=O)CCC3)cc1. The number of benzene rings is 1. The molecule has 0 aliphatic heterocycles. The highest BCUT2D eigenvalue weighted by molar-refractivity contribution is 6.01. The second-order valence-corrected chi connectivity index (χ2v) is 8.09. The van der Waals surface area contributed by atoms with Crippen LogP contribution in [-0.2, 0) is 13.0 Å². The quantitative estimate of drug-likeness (QED) is 0.687. The minimum atomic E-state index is -0.510. The zero-order chi connectivity index (χ0) is 22.0. The van der Waals surface area contributed by atoms with Crippen molar-refractivity contribution in [1.29, 1.82) is 0 Å². The molecule has 0 atom stereocenters. The molecule has 4 rings (SSSR count). The number of carbonyl (C=O) groups is 2. The minimum absolute atomic E-state index is 0.0298. The van der Waals surface area contributed by atoms with Crippen LogP contribution in [-0.4, -0.2) is 21.2 Å². The van der Waals surface area contributed by atoms with Crippen molar-refractivity contribution >= 4 is 11.7 Å². The average molecular weight is 415 g/mol. The molecule has 0 bridgehead atoms.